The molecule has 0 spiro atoms. The van der Waals surface area contributed by atoms with Crippen LogP contribution in [0.2, 0.25) is 0 Å². The maximum Gasteiger partial charge on any atom is 0.00698 e. The van der Waals surface area contributed by atoms with E-state index >= 15 is 0 Å². The molecule has 2 rings (SSSR count). The first-order valence-electron chi connectivity index (χ1n) is 5.12. The van der Waals surface area contributed by atoms with Crippen LogP contribution in [0, 0.1) is 11.8 Å². The minimum atomic E-state index is 0.554. The van der Waals surface area contributed by atoms with Crippen molar-refractivity contribution in [3.63, 3.8) is 0 Å². The van der Waals surface area contributed by atoms with Gasteiger partial charge in [0, 0.05) is 6.04 Å². The van der Waals surface area contributed by atoms with Gasteiger partial charge in [0.05, 0.1) is 0 Å². The molecule has 0 bridgehead atoms. The van der Waals surface area contributed by atoms with Crippen molar-refractivity contribution in [2.45, 2.75) is 51.0 Å². The van der Waals surface area contributed by atoms with Crippen molar-refractivity contribution in [1.29, 1.82) is 0 Å². The van der Waals surface area contributed by atoms with Gasteiger partial charge in [-0.2, -0.15) is 0 Å². The molecular weight excluding hydrogens is 134 g/mol. The van der Waals surface area contributed by atoms with Crippen molar-refractivity contribution >= 4 is 0 Å². The fraction of sp³-hybridized carbons (Fsp3) is 1.00. The molecule has 1 unspecified atom stereocenters. The molecule has 64 valence electrons. The molecule has 11 heavy (non-hydrogen) atoms. The molecule has 1 nitrogen and oxygen atoms in total. The van der Waals surface area contributed by atoms with Crippen LogP contribution in [0.5, 0.6) is 0 Å². The van der Waals surface area contributed by atoms with Gasteiger partial charge in [-0.3, -0.25) is 0 Å². The Kier molecular flexibility index (Phi) is 2.17. The standard InChI is InChI=1S/C10H19N/c11-10(9-5-6-9)7-8-3-1-2-4-8/h8-10H,1-7,11H2. The third kappa shape index (κ3) is 1.96. The van der Waals surface area contributed by atoms with Crippen molar-refractivity contribution in [3.8, 4) is 0 Å². The number of hydrogen-bond donors (Lipinski definition) is 1. The summed E-state index contributed by atoms with van der Waals surface area (Å²) in [5.74, 6) is 1.90. The predicted octanol–water partition coefficient (Wildman–Crippen LogP) is 2.30. The Labute approximate surface area is 69.4 Å². The molecule has 2 saturated carbocycles. The molecule has 0 amide bonds. The second-order valence-electron chi connectivity index (χ2n) is 4.39. The fourth-order valence-electron chi connectivity index (χ4n) is 2.35. The van der Waals surface area contributed by atoms with Crippen LogP contribution in [0.4, 0.5) is 0 Å². The minimum Gasteiger partial charge on any atom is -0.327 e. The summed E-state index contributed by atoms with van der Waals surface area (Å²) >= 11 is 0. The summed E-state index contributed by atoms with van der Waals surface area (Å²) in [7, 11) is 0. The molecule has 0 heterocycles. The Morgan fingerprint density at radius 2 is 1.73 bits per heavy atom. The highest BCUT2D eigenvalue weighted by molar-refractivity contribution is 4.86. The average molecular weight is 153 g/mol. The smallest absolute Gasteiger partial charge is 0.00698 e. The summed E-state index contributed by atoms with van der Waals surface area (Å²) in [6.07, 6.45) is 9.98. The van der Waals surface area contributed by atoms with Crippen LogP contribution < -0.4 is 5.73 Å². The van der Waals surface area contributed by atoms with Crippen LogP contribution in [0.1, 0.15) is 44.9 Å². The highest BCUT2D eigenvalue weighted by Gasteiger charge is 2.30. The van der Waals surface area contributed by atoms with Crippen LogP contribution in [0.3, 0.4) is 0 Å². The van der Waals surface area contributed by atoms with Crippen LogP contribution in [-0.4, -0.2) is 6.04 Å². The normalized spacial score (nSPS) is 29.2. The van der Waals surface area contributed by atoms with Crippen molar-refractivity contribution in [1.82, 2.24) is 0 Å². The van der Waals surface area contributed by atoms with Crippen LogP contribution in [0.25, 0.3) is 0 Å². The molecule has 2 aliphatic carbocycles. The fourth-order valence-corrected chi connectivity index (χ4v) is 2.35. The van der Waals surface area contributed by atoms with E-state index in [1.165, 1.54) is 44.9 Å². The molecule has 2 N–H and O–H groups in total. The molecule has 0 aromatic heterocycles. The van der Waals surface area contributed by atoms with E-state index in [-0.39, 0.29) is 0 Å². The summed E-state index contributed by atoms with van der Waals surface area (Å²) in [6.45, 7) is 0. The average Bonchev–Trinajstić information content (AvgIpc) is 2.73. The monoisotopic (exact) mass is 153 g/mol. The second kappa shape index (κ2) is 3.14. The molecule has 0 saturated heterocycles. The molecule has 2 fully saturated rings. The van der Waals surface area contributed by atoms with E-state index in [0.29, 0.717) is 6.04 Å². The lowest BCUT2D eigenvalue weighted by molar-refractivity contribution is 0.416. The summed E-state index contributed by atoms with van der Waals surface area (Å²) < 4.78 is 0. The number of hydrogen-bond acceptors (Lipinski definition) is 1. The first kappa shape index (κ1) is 7.60. The van der Waals surface area contributed by atoms with E-state index in [1.54, 1.807) is 0 Å². The topological polar surface area (TPSA) is 26.0 Å². The Hall–Kier alpha value is -0.0400. The maximum atomic E-state index is 6.06. The first-order valence-corrected chi connectivity index (χ1v) is 5.12. The van der Waals surface area contributed by atoms with Gasteiger partial charge in [0.1, 0.15) is 0 Å². The second-order valence-corrected chi connectivity index (χ2v) is 4.39. The minimum absolute atomic E-state index is 0.554. The molecule has 0 aliphatic heterocycles. The summed E-state index contributed by atoms with van der Waals surface area (Å²) in [5, 5.41) is 0. The van der Waals surface area contributed by atoms with Gasteiger partial charge in [-0.25, -0.2) is 0 Å². The number of nitrogens with two attached hydrogens (primary N) is 1. The predicted molar refractivity (Wildman–Crippen MR) is 47.3 cm³/mol. The van der Waals surface area contributed by atoms with Gasteiger partial charge in [0.2, 0.25) is 0 Å². The number of rotatable bonds is 3. The first-order chi connectivity index (χ1) is 5.36. The molecule has 2 aliphatic rings. The third-order valence-corrected chi connectivity index (χ3v) is 3.31. The largest absolute Gasteiger partial charge is 0.327 e. The molecule has 1 atom stereocenters. The van der Waals surface area contributed by atoms with E-state index in [4.69, 9.17) is 5.73 Å². The van der Waals surface area contributed by atoms with Gasteiger partial charge in [-0.05, 0) is 31.1 Å². The van der Waals surface area contributed by atoms with Gasteiger partial charge in [0.15, 0.2) is 0 Å². The lowest BCUT2D eigenvalue weighted by atomic mass is 9.96. The maximum absolute atomic E-state index is 6.06. The molecular formula is C10H19N. The van der Waals surface area contributed by atoms with E-state index < -0.39 is 0 Å². The quantitative estimate of drug-likeness (QED) is 0.661. The Morgan fingerprint density at radius 1 is 1.09 bits per heavy atom. The van der Waals surface area contributed by atoms with E-state index in [2.05, 4.69) is 0 Å². The highest BCUT2D eigenvalue weighted by atomic mass is 14.7. The zero-order chi connectivity index (χ0) is 7.68. The molecule has 0 radical (unpaired) electrons. The zero-order valence-electron chi connectivity index (χ0n) is 7.26. The lowest BCUT2D eigenvalue weighted by Crippen LogP contribution is -2.24. The SMILES string of the molecule is NC(CC1CCCC1)C1CC1. The highest BCUT2D eigenvalue weighted by Crippen LogP contribution is 2.37. The third-order valence-electron chi connectivity index (χ3n) is 3.31. The Bertz CT molecular complexity index is 123. The van der Waals surface area contributed by atoms with Crippen molar-refractivity contribution in [2.75, 3.05) is 0 Å². The van der Waals surface area contributed by atoms with Gasteiger partial charge in [-0.15, -0.1) is 0 Å². The van der Waals surface area contributed by atoms with Crippen molar-refractivity contribution in [2.24, 2.45) is 17.6 Å². The molecule has 0 aromatic carbocycles. The van der Waals surface area contributed by atoms with Gasteiger partial charge >= 0.3 is 0 Å². The van der Waals surface area contributed by atoms with Crippen LogP contribution in [0.15, 0.2) is 0 Å². The van der Waals surface area contributed by atoms with Crippen molar-refractivity contribution in [3.05, 3.63) is 0 Å². The van der Waals surface area contributed by atoms with Crippen LogP contribution in [-0.2, 0) is 0 Å². The van der Waals surface area contributed by atoms with E-state index in [9.17, 15) is 0 Å². The van der Waals surface area contributed by atoms with Gasteiger partial charge < -0.3 is 5.73 Å². The summed E-state index contributed by atoms with van der Waals surface area (Å²) in [5.41, 5.74) is 6.06. The Morgan fingerprint density at radius 3 is 2.27 bits per heavy atom. The molecule has 1 heteroatoms. The van der Waals surface area contributed by atoms with E-state index in [0.717, 1.165) is 11.8 Å². The molecule has 0 aromatic rings. The van der Waals surface area contributed by atoms with E-state index in [1.807, 2.05) is 0 Å². The van der Waals surface area contributed by atoms with Crippen molar-refractivity contribution < 1.29 is 0 Å². The van der Waals surface area contributed by atoms with Crippen LogP contribution >= 0.6 is 0 Å². The summed E-state index contributed by atoms with van der Waals surface area (Å²) in [4.78, 5) is 0. The summed E-state index contributed by atoms with van der Waals surface area (Å²) in [6, 6.07) is 0.554. The van der Waals surface area contributed by atoms with Gasteiger partial charge in [-0.1, -0.05) is 25.7 Å². The zero-order valence-corrected chi connectivity index (χ0v) is 7.26. The van der Waals surface area contributed by atoms with Gasteiger partial charge in [0.25, 0.3) is 0 Å². The lowest BCUT2D eigenvalue weighted by Gasteiger charge is -2.14. The Balaban J connectivity index is 1.70.